The van der Waals surface area contributed by atoms with Crippen molar-refractivity contribution in [1.29, 1.82) is 0 Å². The van der Waals surface area contributed by atoms with Crippen molar-refractivity contribution in [2.75, 3.05) is 33.2 Å². The van der Waals surface area contributed by atoms with Gasteiger partial charge in [0.15, 0.2) is 0 Å². The molecule has 1 aliphatic carbocycles. The maximum atomic E-state index is 13.5. The highest BCUT2D eigenvalue weighted by molar-refractivity contribution is 5.98. The van der Waals surface area contributed by atoms with Gasteiger partial charge in [0, 0.05) is 31.7 Å². The molecule has 0 radical (unpaired) electrons. The lowest BCUT2D eigenvalue weighted by molar-refractivity contribution is -0.135. The van der Waals surface area contributed by atoms with Crippen LogP contribution in [-0.4, -0.2) is 60.9 Å². The summed E-state index contributed by atoms with van der Waals surface area (Å²) in [5.74, 6) is 1.19. The van der Waals surface area contributed by atoms with Crippen LogP contribution >= 0.6 is 0 Å². The average molecular weight is 510 g/mol. The molecule has 2 fully saturated rings. The number of carbonyl (C=O) groups is 2. The topological polar surface area (TPSA) is 52.7 Å². The molecule has 1 N–H and O–H groups in total. The Morgan fingerprint density at radius 3 is 2.21 bits per heavy atom. The van der Waals surface area contributed by atoms with Crippen LogP contribution in [0.15, 0.2) is 78.9 Å². The van der Waals surface area contributed by atoms with Crippen LogP contribution in [0.4, 0.5) is 0 Å². The van der Waals surface area contributed by atoms with E-state index in [-0.39, 0.29) is 11.8 Å². The van der Waals surface area contributed by atoms with Gasteiger partial charge in [0.05, 0.1) is 0 Å². The fourth-order valence-electron chi connectivity index (χ4n) is 5.56. The molecule has 3 aromatic carbocycles. The van der Waals surface area contributed by atoms with E-state index in [1.54, 1.807) is 0 Å². The number of nitrogens with zero attached hydrogens (tertiary/aromatic N) is 2. The number of hydrogen-bond acceptors (Lipinski definition) is 3. The molecule has 1 saturated heterocycles. The van der Waals surface area contributed by atoms with Crippen molar-refractivity contribution < 1.29 is 9.59 Å². The van der Waals surface area contributed by atoms with E-state index in [1.165, 1.54) is 17.5 Å². The second kappa shape index (κ2) is 12.0. The minimum Gasteiger partial charge on any atom is -0.340 e. The fraction of sp³-hybridized carbons (Fsp3) is 0.394. The van der Waals surface area contributed by atoms with Crippen LogP contribution in [0, 0.1) is 12.8 Å². The maximum Gasteiger partial charge on any atom is 0.251 e. The number of nitrogens with one attached hydrogen (secondary N) is 1. The first kappa shape index (κ1) is 26.2. The van der Waals surface area contributed by atoms with Crippen molar-refractivity contribution in [2.45, 2.75) is 44.6 Å². The van der Waals surface area contributed by atoms with E-state index in [0.29, 0.717) is 36.9 Å². The third kappa shape index (κ3) is 6.51. The first-order valence-electron chi connectivity index (χ1n) is 14.0. The van der Waals surface area contributed by atoms with Gasteiger partial charge in [-0.1, -0.05) is 78.7 Å². The number of piperazine rings is 1. The van der Waals surface area contributed by atoms with E-state index in [2.05, 4.69) is 60.6 Å². The molecule has 3 aromatic rings. The summed E-state index contributed by atoms with van der Waals surface area (Å²) < 4.78 is 0. The zero-order valence-electron chi connectivity index (χ0n) is 22.6. The Morgan fingerprint density at radius 2 is 1.53 bits per heavy atom. The van der Waals surface area contributed by atoms with E-state index in [1.807, 2.05) is 47.4 Å². The summed E-state index contributed by atoms with van der Waals surface area (Å²) in [5, 5.41) is 3.10. The van der Waals surface area contributed by atoms with Crippen LogP contribution in [0.1, 0.15) is 53.1 Å². The Bertz CT molecular complexity index is 1220. The molecule has 38 heavy (non-hydrogen) atoms. The summed E-state index contributed by atoms with van der Waals surface area (Å²) in [7, 11) is 2.08. The van der Waals surface area contributed by atoms with E-state index in [4.69, 9.17) is 0 Å². The number of rotatable bonds is 9. The van der Waals surface area contributed by atoms with Gasteiger partial charge >= 0.3 is 0 Å². The summed E-state index contributed by atoms with van der Waals surface area (Å²) >= 11 is 0. The molecule has 2 amide bonds. The molecule has 0 bridgehead atoms. The molecule has 0 aromatic heterocycles. The Hall–Kier alpha value is -3.44. The molecule has 5 heteroatoms. The molecule has 1 saturated carbocycles. The Kier molecular flexibility index (Phi) is 8.23. The van der Waals surface area contributed by atoms with Gasteiger partial charge in [0.1, 0.15) is 6.04 Å². The average Bonchev–Trinajstić information content (AvgIpc) is 3.73. The van der Waals surface area contributed by atoms with Gasteiger partial charge in [-0.05, 0) is 73.9 Å². The molecule has 5 nitrogen and oxygen atoms in total. The minimum atomic E-state index is -0.490. The highest BCUT2D eigenvalue weighted by atomic mass is 16.2. The van der Waals surface area contributed by atoms with Gasteiger partial charge < -0.3 is 15.1 Å². The number of benzene rings is 3. The van der Waals surface area contributed by atoms with E-state index in [9.17, 15) is 9.59 Å². The van der Waals surface area contributed by atoms with Crippen LogP contribution < -0.4 is 5.32 Å². The predicted molar refractivity (Wildman–Crippen MR) is 153 cm³/mol. The summed E-state index contributed by atoms with van der Waals surface area (Å²) in [5.41, 5.74) is 5.49. The zero-order chi connectivity index (χ0) is 26.5. The number of amides is 2. The number of carbonyl (C=O) groups excluding carboxylic acids is 2. The second-order valence-electron chi connectivity index (χ2n) is 11.0. The van der Waals surface area contributed by atoms with Crippen molar-refractivity contribution in [1.82, 2.24) is 15.1 Å². The van der Waals surface area contributed by atoms with Crippen molar-refractivity contribution in [2.24, 2.45) is 5.92 Å². The number of hydrogen-bond donors (Lipinski definition) is 1. The molecular weight excluding hydrogens is 470 g/mol. The first-order chi connectivity index (χ1) is 18.5. The summed E-state index contributed by atoms with van der Waals surface area (Å²) in [6.45, 7) is 5.29. The summed E-state index contributed by atoms with van der Waals surface area (Å²) in [4.78, 5) is 30.9. The molecule has 5 rings (SSSR count). The largest absolute Gasteiger partial charge is 0.340 e. The molecule has 1 heterocycles. The molecule has 0 unspecified atom stereocenters. The van der Waals surface area contributed by atoms with Crippen LogP contribution in [0.5, 0.6) is 0 Å². The third-order valence-electron chi connectivity index (χ3n) is 8.17. The summed E-state index contributed by atoms with van der Waals surface area (Å²) in [6, 6.07) is 26.2. The lowest BCUT2D eigenvalue weighted by Crippen LogP contribution is -2.54. The van der Waals surface area contributed by atoms with Crippen LogP contribution in [0.25, 0.3) is 11.1 Å². The Labute approximate surface area is 226 Å². The minimum absolute atomic E-state index is 0.0539. The lowest BCUT2D eigenvalue weighted by atomic mass is 10.0. The number of likely N-dealkylation sites (N-methyl/N-ethyl adjacent to an activating group) is 1. The van der Waals surface area contributed by atoms with Gasteiger partial charge in [0.2, 0.25) is 5.91 Å². The van der Waals surface area contributed by atoms with E-state index >= 15 is 0 Å². The van der Waals surface area contributed by atoms with Gasteiger partial charge in [-0.15, -0.1) is 0 Å². The van der Waals surface area contributed by atoms with Crippen LogP contribution in [-0.2, 0) is 4.79 Å². The lowest BCUT2D eigenvalue weighted by Gasteiger charge is -2.34. The zero-order valence-corrected chi connectivity index (χ0v) is 22.6. The third-order valence-corrected chi connectivity index (χ3v) is 8.17. The van der Waals surface area contributed by atoms with E-state index < -0.39 is 6.04 Å². The molecular formula is C33H39N3O2. The molecule has 3 atom stereocenters. The molecule has 198 valence electrons. The molecule has 0 spiro atoms. The second-order valence-corrected chi connectivity index (χ2v) is 11.0. The highest BCUT2D eigenvalue weighted by Gasteiger charge is 2.38. The first-order valence-corrected chi connectivity index (χ1v) is 14.0. The van der Waals surface area contributed by atoms with Gasteiger partial charge in [-0.2, -0.15) is 0 Å². The Morgan fingerprint density at radius 1 is 0.868 bits per heavy atom. The Balaban J connectivity index is 1.20. The van der Waals surface area contributed by atoms with Crippen molar-refractivity contribution in [3.63, 3.8) is 0 Å². The van der Waals surface area contributed by atoms with Crippen molar-refractivity contribution in [3.8, 4) is 11.1 Å². The van der Waals surface area contributed by atoms with E-state index in [0.717, 1.165) is 37.1 Å². The maximum absolute atomic E-state index is 13.5. The molecule has 2 aliphatic rings. The molecule has 1 aliphatic heterocycles. The predicted octanol–water partition coefficient (Wildman–Crippen LogP) is 5.51. The van der Waals surface area contributed by atoms with Gasteiger partial charge in [-0.3, -0.25) is 9.59 Å². The van der Waals surface area contributed by atoms with Crippen molar-refractivity contribution in [3.05, 3.63) is 95.6 Å². The van der Waals surface area contributed by atoms with Crippen LogP contribution in [0.2, 0.25) is 0 Å². The van der Waals surface area contributed by atoms with Gasteiger partial charge in [0.25, 0.3) is 5.91 Å². The smallest absolute Gasteiger partial charge is 0.251 e. The standard InChI is InChI=1S/C33H39N3O2/c1-24-11-13-27(14-12-24)30-23-29(30)9-6-10-31(33(38)36-21-19-35(2)20-22-36)34-32(37)28-17-15-26(16-18-28)25-7-4-3-5-8-25/h3-5,7-8,11-18,29-31H,6,9-10,19-23H2,1-2H3,(H,34,37)/t29-,30+,31+/m1/s1. The monoisotopic (exact) mass is 509 g/mol. The quantitative estimate of drug-likeness (QED) is 0.414. The highest BCUT2D eigenvalue weighted by Crippen LogP contribution is 2.50. The summed E-state index contributed by atoms with van der Waals surface area (Å²) in [6.07, 6.45) is 3.92. The SMILES string of the molecule is Cc1ccc([C@@H]2C[C@H]2CCC[C@H](NC(=O)c2ccc(-c3ccccc3)cc2)C(=O)N2CCN(C)CC2)cc1. The fourth-order valence-corrected chi connectivity index (χ4v) is 5.56. The van der Waals surface area contributed by atoms with Crippen LogP contribution in [0.3, 0.4) is 0 Å². The normalized spacial score (nSPS) is 20.1. The van der Waals surface area contributed by atoms with Crippen molar-refractivity contribution >= 4 is 11.8 Å². The van der Waals surface area contributed by atoms with Gasteiger partial charge in [-0.25, -0.2) is 0 Å². The number of aryl methyl sites for hydroxylation is 1.